The third-order valence-electron chi connectivity index (χ3n) is 3.63. The van der Waals surface area contributed by atoms with Gasteiger partial charge in [-0.1, -0.05) is 24.1 Å². The number of carboxylic acid groups (broad SMARTS) is 1. The highest BCUT2D eigenvalue weighted by atomic mass is 35.5. The maximum atomic E-state index is 11.9. The molecule has 0 spiro atoms. The molecule has 1 aliphatic heterocycles. The van der Waals surface area contributed by atoms with Gasteiger partial charge in [-0.3, -0.25) is 14.5 Å². The summed E-state index contributed by atoms with van der Waals surface area (Å²) in [6, 6.07) is 6.49. The predicted octanol–water partition coefficient (Wildman–Crippen LogP) is 2.61. The molecule has 2 rings (SSSR count). The van der Waals surface area contributed by atoms with E-state index >= 15 is 0 Å². The average Bonchev–Trinajstić information content (AvgIpc) is 2.45. The van der Waals surface area contributed by atoms with Crippen LogP contribution in [0.15, 0.2) is 24.3 Å². The molecule has 1 aromatic rings. The van der Waals surface area contributed by atoms with E-state index in [9.17, 15) is 14.7 Å². The van der Waals surface area contributed by atoms with Crippen LogP contribution in [0.5, 0.6) is 0 Å². The standard InChI is InChI=1S/C15H19ClN2O3/c16-11-4-3-5-12(10-11)17-14(19)7-9-18-8-2-1-6-13(18)15(20)21/h3-5,10,13H,1-2,6-9H2,(H,17,19)(H,20,21). The van der Waals surface area contributed by atoms with E-state index in [1.165, 1.54) is 0 Å². The Hall–Kier alpha value is -1.59. The second-order valence-electron chi connectivity index (χ2n) is 5.19. The number of aliphatic carboxylic acids is 1. The van der Waals surface area contributed by atoms with Gasteiger partial charge in [-0.05, 0) is 37.6 Å². The molecule has 1 aromatic carbocycles. The maximum Gasteiger partial charge on any atom is 0.320 e. The van der Waals surface area contributed by atoms with Gasteiger partial charge in [0.05, 0.1) is 0 Å². The van der Waals surface area contributed by atoms with Gasteiger partial charge in [0.1, 0.15) is 6.04 Å². The number of likely N-dealkylation sites (tertiary alicyclic amines) is 1. The van der Waals surface area contributed by atoms with Crippen LogP contribution in [0.2, 0.25) is 5.02 Å². The molecule has 114 valence electrons. The molecular formula is C15H19ClN2O3. The highest BCUT2D eigenvalue weighted by Gasteiger charge is 2.28. The molecule has 0 radical (unpaired) electrons. The Balaban J connectivity index is 1.84. The maximum absolute atomic E-state index is 11.9. The highest BCUT2D eigenvalue weighted by Crippen LogP contribution is 2.18. The molecule has 0 aliphatic carbocycles. The van der Waals surface area contributed by atoms with Crippen molar-refractivity contribution in [2.24, 2.45) is 0 Å². The molecule has 1 unspecified atom stereocenters. The Morgan fingerprint density at radius 3 is 2.90 bits per heavy atom. The fraction of sp³-hybridized carbons (Fsp3) is 0.467. The van der Waals surface area contributed by atoms with E-state index in [0.29, 0.717) is 23.7 Å². The number of carbonyl (C=O) groups is 2. The van der Waals surface area contributed by atoms with Crippen LogP contribution < -0.4 is 5.32 Å². The molecule has 1 fully saturated rings. The van der Waals surface area contributed by atoms with Crippen LogP contribution in [-0.2, 0) is 9.59 Å². The van der Waals surface area contributed by atoms with Gasteiger partial charge in [0.25, 0.3) is 0 Å². The summed E-state index contributed by atoms with van der Waals surface area (Å²) in [5.41, 5.74) is 0.654. The molecule has 1 heterocycles. The van der Waals surface area contributed by atoms with Crippen LogP contribution in [0, 0.1) is 0 Å². The number of halogens is 1. The topological polar surface area (TPSA) is 69.6 Å². The molecule has 0 bridgehead atoms. The zero-order valence-corrected chi connectivity index (χ0v) is 12.5. The van der Waals surface area contributed by atoms with E-state index in [1.54, 1.807) is 24.3 Å². The molecule has 0 aromatic heterocycles. The van der Waals surface area contributed by atoms with Crippen molar-refractivity contribution in [2.45, 2.75) is 31.7 Å². The van der Waals surface area contributed by atoms with Crippen LogP contribution in [0.1, 0.15) is 25.7 Å². The number of nitrogens with zero attached hydrogens (tertiary/aromatic N) is 1. The van der Waals surface area contributed by atoms with Gasteiger partial charge in [0.2, 0.25) is 5.91 Å². The summed E-state index contributed by atoms with van der Waals surface area (Å²) in [6.45, 7) is 1.20. The number of anilines is 1. The van der Waals surface area contributed by atoms with Gasteiger partial charge in [-0.25, -0.2) is 0 Å². The van der Waals surface area contributed by atoms with Gasteiger partial charge < -0.3 is 10.4 Å². The van der Waals surface area contributed by atoms with Crippen LogP contribution in [0.25, 0.3) is 0 Å². The lowest BCUT2D eigenvalue weighted by Gasteiger charge is -2.32. The van der Waals surface area contributed by atoms with Crippen LogP contribution in [0.4, 0.5) is 5.69 Å². The highest BCUT2D eigenvalue weighted by molar-refractivity contribution is 6.30. The molecule has 1 amide bonds. The molecular weight excluding hydrogens is 292 g/mol. The van der Waals surface area contributed by atoms with E-state index in [-0.39, 0.29) is 12.3 Å². The normalized spacial score (nSPS) is 19.2. The Bertz CT molecular complexity index is 521. The molecule has 6 heteroatoms. The monoisotopic (exact) mass is 310 g/mol. The molecule has 1 aliphatic rings. The number of nitrogens with one attached hydrogen (secondary N) is 1. The first-order valence-electron chi connectivity index (χ1n) is 7.08. The summed E-state index contributed by atoms with van der Waals surface area (Å²) < 4.78 is 0. The SMILES string of the molecule is O=C(CCN1CCCCC1C(=O)O)Nc1cccc(Cl)c1. The Morgan fingerprint density at radius 1 is 1.38 bits per heavy atom. The predicted molar refractivity (Wildman–Crippen MR) is 81.5 cm³/mol. The van der Waals surface area contributed by atoms with E-state index in [0.717, 1.165) is 19.4 Å². The summed E-state index contributed by atoms with van der Waals surface area (Å²) in [7, 11) is 0. The van der Waals surface area contributed by atoms with Crippen LogP contribution >= 0.6 is 11.6 Å². The van der Waals surface area contributed by atoms with Crippen molar-refractivity contribution in [1.82, 2.24) is 4.90 Å². The average molecular weight is 311 g/mol. The van der Waals surface area contributed by atoms with Crippen molar-refractivity contribution < 1.29 is 14.7 Å². The van der Waals surface area contributed by atoms with Gasteiger partial charge in [0.15, 0.2) is 0 Å². The molecule has 0 saturated carbocycles. The van der Waals surface area contributed by atoms with E-state index in [2.05, 4.69) is 5.32 Å². The Labute approximate surface area is 128 Å². The number of hydrogen-bond donors (Lipinski definition) is 2. The Morgan fingerprint density at radius 2 is 2.19 bits per heavy atom. The first kappa shape index (κ1) is 15.8. The van der Waals surface area contributed by atoms with Gasteiger partial charge >= 0.3 is 5.97 Å². The van der Waals surface area contributed by atoms with Crippen LogP contribution in [0.3, 0.4) is 0 Å². The number of amides is 1. The largest absolute Gasteiger partial charge is 0.480 e. The van der Waals surface area contributed by atoms with Crippen molar-refractivity contribution in [3.63, 3.8) is 0 Å². The summed E-state index contributed by atoms with van der Waals surface area (Å²) in [5.74, 6) is -0.933. The number of benzene rings is 1. The van der Waals surface area contributed by atoms with Gasteiger partial charge in [-0.2, -0.15) is 0 Å². The quantitative estimate of drug-likeness (QED) is 0.877. The summed E-state index contributed by atoms with van der Waals surface area (Å²) >= 11 is 5.86. The van der Waals surface area contributed by atoms with Gasteiger partial charge in [0, 0.05) is 23.7 Å². The van der Waals surface area contributed by atoms with Gasteiger partial charge in [-0.15, -0.1) is 0 Å². The molecule has 21 heavy (non-hydrogen) atoms. The minimum atomic E-state index is -0.801. The van der Waals surface area contributed by atoms with Crippen molar-refractivity contribution in [3.05, 3.63) is 29.3 Å². The minimum absolute atomic E-state index is 0.132. The lowest BCUT2D eigenvalue weighted by molar-refractivity contribution is -0.144. The second kappa shape index (κ2) is 7.43. The summed E-state index contributed by atoms with van der Waals surface area (Å²) in [5, 5.41) is 12.5. The second-order valence-corrected chi connectivity index (χ2v) is 5.63. The lowest BCUT2D eigenvalue weighted by Crippen LogP contribution is -2.45. The summed E-state index contributed by atoms with van der Waals surface area (Å²) in [4.78, 5) is 25.0. The lowest BCUT2D eigenvalue weighted by atomic mass is 10.0. The van der Waals surface area contributed by atoms with E-state index in [1.807, 2.05) is 4.90 Å². The van der Waals surface area contributed by atoms with E-state index < -0.39 is 12.0 Å². The minimum Gasteiger partial charge on any atom is -0.480 e. The molecule has 2 N–H and O–H groups in total. The summed E-state index contributed by atoms with van der Waals surface area (Å²) in [6.07, 6.45) is 2.85. The third kappa shape index (κ3) is 4.72. The fourth-order valence-electron chi connectivity index (χ4n) is 2.57. The van der Waals surface area contributed by atoms with Crippen molar-refractivity contribution in [3.8, 4) is 0 Å². The van der Waals surface area contributed by atoms with Crippen LogP contribution in [-0.4, -0.2) is 41.0 Å². The first-order valence-corrected chi connectivity index (χ1v) is 7.46. The zero-order valence-electron chi connectivity index (χ0n) is 11.7. The Kier molecular flexibility index (Phi) is 5.59. The smallest absolute Gasteiger partial charge is 0.320 e. The number of carboxylic acids is 1. The van der Waals surface area contributed by atoms with Crippen molar-refractivity contribution in [1.29, 1.82) is 0 Å². The fourth-order valence-corrected chi connectivity index (χ4v) is 2.76. The first-order chi connectivity index (χ1) is 10.1. The zero-order chi connectivity index (χ0) is 15.2. The molecule has 1 atom stereocenters. The van der Waals surface area contributed by atoms with Crippen molar-refractivity contribution in [2.75, 3.05) is 18.4 Å². The van der Waals surface area contributed by atoms with E-state index in [4.69, 9.17) is 11.6 Å². The number of piperidine rings is 1. The number of rotatable bonds is 5. The van der Waals surface area contributed by atoms with Crippen molar-refractivity contribution >= 4 is 29.2 Å². The number of carbonyl (C=O) groups excluding carboxylic acids is 1. The number of hydrogen-bond acceptors (Lipinski definition) is 3. The third-order valence-corrected chi connectivity index (χ3v) is 3.87. The molecule has 5 nitrogen and oxygen atoms in total. The molecule has 1 saturated heterocycles.